The van der Waals surface area contributed by atoms with Gasteiger partial charge in [-0.25, -0.2) is 0 Å². The van der Waals surface area contributed by atoms with Crippen LogP contribution in [0.2, 0.25) is 0 Å². The molecule has 1 N–H and O–H groups in total. The van der Waals surface area contributed by atoms with Crippen LogP contribution in [-0.2, 0) is 0 Å². The van der Waals surface area contributed by atoms with Crippen LogP contribution in [0.3, 0.4) is 0 Å². The molecule has 0 aliphatic rings. The summed E-state index contributed by atoms with van der Waals surface area (Å²) in [6.07, 6.45) is 0. The van der Waals surface area contributed by atoms with Crippen molar-refractivity contribution in [3.63, 3.8) is 0 Å². The Morgan fingerprint density at radius 1 is 1.26 bits per heavy atom. The molecule has 1 amide bonds. The standard InChI is InChI=1S/C16H16N2O4S/c1-22-15-8-7-12(11-14(15)18(20)21)16(19)17-9-10-23-13-5-3-2-4-6-13/h2-8,11H,9-10H2,1H3,(H,17,19). The minimum Gasteiger partial charge on any atom is -0.490 e. The maximum atomic E-state index is 12.0. The van der Waals surface area contributed by atoms with Gasteiger partial charge in [0.25, 0.3) is 5.91 Å². The van der Waals surface area contributed by atoms with E-state index in [2.05, 4.69) is 5.32 Å². The summed E-state index contributed by atoms with van der Waals surface area (Å²) >= 11 is 1.63. The van der Waals surface area contributed by atoms with Crippen LogP contribution in [0.25, 0.3) is 0 Å². The lowest BCUT2D eigenvalue weighted by molar-refractivity contribution is -0.385. The number of nitrogens with zero attached hydrogens (tertiary/aromatic N) is 1. The lowest BCUT2D eigenvalue weighted by Crippen LogP contribution is -2.25. The van der Waals surface area contributed by atoms with Crippen molar-refractivity contribution in [3.05, 3.63) is 64.2 Å². The molecular weight excluding hydrogens is 316 g/mol. The maximum absolute atomic E-state index is 12.0. The number of benzene rings is 2. The molecule has 0 fully saturated rings. The Bertz CT molecular complexity index is 692. The number of nitrogens with one attached hydrogen (secondary N) is 1. The van der Waals surface area contributed by atoms with E-state index in [0.29, 0.717) is 12.3 Å². The van der Waals surface area contributed by atoms with Crippen molar-refractivity contribution in [1.29, 1.82) is 0 Å². The van der Waals surface area contributed by atoms with Gasteiger partial charge in [-0.2, -0.15) is 0 Å². The maximum Gasteiger partial charge on any atom is 0.311 e. The zero-order chi connectivity index (χ0) is 16.7. The Labute approximate surface area is 138 Å². The van der Waals surface area contributed by atoms with Crippen LogP contribution in [-0.4, -0.2) is 30.2 Å². The zero-order valence-electron chi connectivity index (χ0n) is 12.5. The molecule has 0 heterocycles. The molecule has 23 heavy (non-hydrogen) atoms. The second-order valence-electron chi connectivity index (χ2n) is 4.56. The number of ether oxygens (including phenoxy) is 1. The monoisotopic (exact) mass is 332 g/mol. The summed E-state index contributed by atoms with van der Waals surface area (Å²) in [6.45, 7) is 0.470. The molecule has 6 nitrogen and oxygen atoms in total. The molecule has 0 aliphatic carbocycles. The fourth-order valence-corrected chi connectivity index (χ4v) is 2.72. The number of nitro groups is 1. The van der Waals surface area contributed by atoms with Crippen molar-refractivity contribution in [1.82, 2.24) is 5.32 Å². The SMILES string of the molecule is COc1ccc(C(=O)NCCSc2ccccc2)cc1[N+](=O)[O-]. The van der Waals surface area contributed by atoms with Crippen molar-refractivity contribution in [3.8, 4) is 5.75 Å². The number of rotatable bonds is 7. The minimum atomic E-state index is -0.569. The van der Waals surface area contributed by atoms with Crippen LogP contribution in [0.1, 0.15) is 10.4 Å². The van der Waals surface area contributed by atoms with Gasteiger partial charge in [-0.15, -0.1) is 11.8 Å². The van der Waals surface area contributed by atoms with Gasteiger partial charge in [0, 0.05) is 28.8 Å². The largest absolute Gasteiger partial charge is 0.490 e. The summed E-state index contributed by atoms with van der Waals surface area (Å²) in [7, 11) is 1.35. The smallest absolute Gasteiger partial charge is 0.311 e. The first-order valence-electron chi connectivity index (χ1n) is 6.90. The first-order valence-corrected chi connectivity index (χ1v) is 7.89. The number of hydrogen-bond donors (Lipinski definition) is 1. The Balaban J connectivity index is 1.90. The van der Waals surface area contributed by atoms with Crippen molar-refractivity contribution in [2.24, 2.45) is 0 Å². The average Bonchev–Trinajstić information content (AvgIpc) is 2.58. The second kappa shape index (κ2) is 8.19. The van der Waals surface area contributed by atoms with Gasteiger partial charge >= 0.3 is 5.69 Å². The molecule has 2 aromatic rings. The Morgan fingerprint density at radius 3 is 2.65 bits per heavy atom. The van der Waals surface area contributed by atoms with Crippen molar-refractivity contribution in [2.75, 3.05) is 19.4 Å². The molecule has 0 aliphatic heterocycles. The van der Waals surface area contributed by atoms with Gasteiger partial charge in [0.2, 0.25) is 0 Å². The van der Waals surface area contributed by atoms with E-state index in [1.54, 1.807) is 11.8 Å². The Kier molecular flexibility index (Phi) is 5.99. The minimum absolute atomic E-state index is 0.131. The molecule has 2 rings (SSSR count). The highest BCUT2D eigenvalue weighted by atomic mass is 32.2. The predicted molar refractivity (Wildman–Crippen MR) is 89.1 cm³/mol. The topological polar surface area (TPSA) is 81.5 Å². The van der Waals surface area contributed by atoms with Crippen molar-refractivity contribution in [2.45, 2.75) is 4.90 Å². The van der Waals surface area contributed by atoms with Crippen LogP contribution >= 0.6 is 11.8 Å². The summed E-state index contributed by atoms with van der Waals surface area (Å²) in [5, 5.41) is 13.7. The molecular formula is C16H16N2O4S. The number of methoxy groups -OCH3 is 1. The van der Waals surface area contributed by atoms with Gasteiger partial charge in [0.05, 0.1) is 12.0 Å². The first-order chi connectivity index (χ1) is 11.1. The number of hydrogen-bond acceptors (Lipinski definition) is 5. The van der Waals surface area contributed by atoms with Gasteiger partial charge in [-0.1, -0.05) is 18.2 Å². The van der Waals surface area contributed by atoms with Crippen LogP contribution < -0.4 is 10.1 Å². The molecule has 2 aromatic carbocycles. The van der Waals surface area contributed by atoms with Crippen LogP contribution in [0.15, 0.2) is 53.4 Å². The number of amides is 1. The summed E-state index contributed by atoms with van der Waals surface area (Å²) < 4.78 is 4.91. The van der Waals surface area contributed by atoms with Crippen LogP contribution in [0.4, 0.5) is 5.69 Å². The normalized spacial score (nSPS) is 10.1. The first kappa shape index (κ1) is 16.8. The third kappa shape index (κ3) is 4.72. The van der Waals surface area contributed by atoms with E-state index in [9.17, 15) is 14.9 Å². The van der Waals surface area contributed by atoms with E-state index < -0.39 is 4.92 Å². The highest BCUT2D eigenvalue weighted by Gasteiger charge is 2.17. The van der Waals surface area contributed by atoms with E-state index in [-0.39, 0.29) is 22.9 Å². The molecule has 0 bridgehead atoms. The summed E-state index contributed by atoms with van der Waals surface area (Å²) in [4.78, 5) is 23.6. The van der Waals surface area contributed by atoms with Gasteiger partial charge in [-0.3, -0.25) is 14.9 Å². The summed E-state index contributed by atoms with van der Waals surface area (Å²) in [6, 6.07) is 14.0. The zero-order valence-corrected chi connectivity index (χ0v) is 13.3. The molecule has 0 aromatic heterocycles. The van der Waals surface area contributed by atoms with Gasteiger partial charge < -0.3 is 10.1 Å². The summed E-state index contributed by atoms with van der Waals surface area (Å²) in [5.41, 5.74) is 0.0148. The average molecular weight is 332 g/mol. The van der Waals surface area contributed by atoms with E-state index >= 15 is 0 Å². The Morgan fingerprint density at radius 2 is 2.00 bits per heavy atom. The molecule has 0 saturated heterocycles. The van der Waals surface area contributed by atoms with E-state index in [1.807, 2.05) is 30.3 Å². The number of carbonyl (C=O) groups excluding carboxylic acids is 1. The van der Waals surface area contributed by atoms with E-state index in [1.165, 1.54) is 25.3 Å². The fourth-order valence-electron chi connectivity index (χ4n) is 1.93. The molecule has 120 valence electrons. The van der Waals surface area contributed by atoms with E-state index in [4.69, 9.17) is 4.74 Å². The van der Waals surface area contributed by atoms with Gasteiger partial charge in [0.1, 0.15) is 0 Å². The quantitative estimate of drug-likeness (QED) is 0.365. The highest BCUT2D eigenvalue weighted by molar-refractivity contribution is 7.99. The van der Waals surface area contributed by atoms with Crippen molar-refractivity contribution >= 4 is 23.4 Å². The highest BCUT2D eigenvalue weighted by Crippen LogP contribution is 2.27. The molecule has 0 saturated carbocycles. The van der Waals surface area contributed by atoms with Crippen molar-refractivity contribution < 1.29 is 14.5 Å². The van der Waals surface area contributed by atoms with E-state index in [0.717, 1.165) is 4.90 Å². The fraction of sp³-hybridized carbons (Fsp3) is 0.188. The van der Waals surface area contributed by atoms with Crippen LogP contribution in [0.5, 0.6) is 5.75 Å². The number of thioether (sulfide) groups is 1. The Hall–Kier alpha value is -2.54. The number of carbonyl (C=O) groups is 1. The molecule has 7 heteroatoms. The summed E-state index contributed by atoms with van der Waals surface area (Å²) in [5.74, 6) is 0.504. The molecule has 0 atom stereocenters. The third-order valence-electron chi connectivity index (χ3n) is 3.04. The third-order valence-corrected chi connectivity index (χ3v) is 4.05. The second-order valence-corrected chi connectivity index (χ2v) is 5.73. The molecule has 0 unspecified atom stereocenters. The number of nitro benzene ring substituents is 1. The van der Waals surface area contributed by atoms with Crippen LogP contribution in [0, 0.1) is 10.1 Å². The predicted octanol–water partition coefficient (Wildman–Crippen LogP) is 3.13. The molecule has 0 radical (unpaired) electrons. The van der Waals surface area contributed by atoms with Gasteiger partial charge in [0.15, 0.2) is 5.75 Å². The van der Waals surface area contributed by atoms with Gasteiger partial charge in [-0.05, 0) is 24.3 Å². The lowest BCUT2D eigenvalue weighted by Gasteiger charge is -2.07. The molecule has 0 spiro atoms. The lowest BCUT2D eigenvalue weighted by atomic mass is 10.1.